The first-order valence-corrected chi connectivity index (χ1v) is 5.86. The Morgan fingerprint density at radius 2 is 2.38 bits per heavy atom. The lowest BCUT2D eigenvalue weighted by atomic mass is 10.1. The van der Waals surface area contributed by atoms with Crippen LogP contribution in [0.2, 0.25) is 0 Å². The van der Waals surface area contributed by atoms with Crippen LogP contribution in [0.25, 0.3) is 6.08 Å². The second kappa shape index (κ2) is 4.45. The number of thiophene rings is 1. The highest BCUT2D eigenvalue weighted by atomic mass is 32.1. The molecule has 0 bridgehead atoms. The van der Waals surface area contributed by atoms with E-state index < -0.39 is 0 Å². The van der Waals surface area contributed by atoms with Gasteiger partial charge < -0.3 is 0 Å². The van der Waals surface area contributed by atoms with Gasteiger partial charge in [0.25, 0.3) is 0 Å². The number of ketones is 1. The van der Waals surface area contributed by atoms with Crippen molar-refractivity contribution >= 4 is 23.2 Å². The molecule has 0 saturated heterocycles. The first-order chi connectivity index (χ1) is 7.66. The molecule has 2 rings (SSSR count). The van der Waals surface area contributed by atoms with Gasteiger partial charge in [0.15, 0.2) is 5.78 Å². The summed E-state index contributed by atoms with van der Waals surface area (Å²) in [6, 6.07) is 1.98. The Morgan fingerprint density at radius 1 is 1.56 bits per heavy atom. The second-order valence-corrected chi connectivity index (χ2v) is 4.34. The molecular weight excluding hydrogens is 220 g/mol. The summed E-state index contributed by atoms with van der Waals surface area (Å²) in [5, 5.41) is 8.13. The number of hydrogen-bond donors (Lipinski definition) is 0. The van der Waals surface area contributed by atoms with Gasteiger partial charge in [-0.05, 0) is 35.4 Å². The Balaban J connectivity index is 2.17. The maximum Gasteiger partial charge on any atom is 0.189 e. The number of aryl methyl sites for hydroxylation is 2. The number of carbonyl (C=O) groups is 1. The number of rotatable bonds is 3. The zero-order valence-corrected chi connectivity index (χ0v) is 9.99. The van der Waals surface area contributed by atoms with Gasteiger partial charge in [0.05, 0.1) is 11.3 Å². The molecule has 0 atom stereocenters. The van der Waals surface area contributed by atoms with Crippen LogP contribution >= 0.6 is 11.3 Å². The van der Waals surface area contributed by atoms with Crippen molar-refractivity contribution in [3.8, 4) is 0 Å². The maximum atomic E-state index is 11.8. The third-order valence-corrected chi connectivity index (χ3v) is 2.95. The number of allylic oxidation sites excluding steroid dienone is 1. The van der Waals surface area contributed by atoms with Crippen molar-refractivity contribution < 1.29 is 4.79 Å². The fraction of sp³-hybridized carbons (Fsp3) is 0.167. The van der Waals surface area contributed by atoms with Crippen molar-refractivity contribution in [3.05, 3.63) is 45.9 Å². The summed E-state index contributed by atoms with van der Waals surface area (Å²) in [4.78, 5) is 11.8. The lowest BCUT2D eigenvalue weighted by Gasteiger charge is -1.90. The Hall–Kier alpha value is -1.68. The zero-order valence-electron chi connectivity index (χ0n) is 9.18. The molecule has 2 aromatic rings. The average Bonchev–Trinajstić information content (AvgIpc) is 2.84. The highest BCUT2D eigenvalue weighted by Crippen LogP contribution is 2.10. The van der Waals surface area contributed by atoms with Crippen LogP contribution < -0.4 is 0 Å². The molecule has 2 aromatic heterocycles. The van der Waals surface area contributed by atoms with Crippen LogP contribution in [0.4, 0.5) is 0 Å². The number of carbonyl (C=O) groups excluding carboxylic acids is 1. The first-order valence-electron chi connectivity index (χ1n) is 4.91. The van der Waals surface area contributed by atoms with Crippen molar-refractivity contribution in [2.45, 2.75) is 6.92 Å². The lowest BCUT2D eigenvalue weighted by Crippen LogP contribution is -1.94. The van der Waals surface area contributed by atoms with Crippen LogP contribution in [0, 0.1) is 6.92 Å². The van der Waals surface area contributed by atoms with Gasteiger partial charge in [-0.25, -0.2) is 0 Å². The van der Waals surface area contributed by atoms with Crippen molar-refractivity contribution in [2.24, 2.45) is 7.05 Å². The number of hydrogen-bond acceptors (Lipinski definition) is 3. The van der Waals surface area contributed by atoms with Gasteiger partial charge in [-0.1, -0.05) is 6.08 Å². The minimum atomic E-state index is -0.00296. The summed E-state index contributed by atoms with van der Waals surface area (Å²) in [5.74, 6) is -0.00296. The minimum Gasteiger partial charge on any atom is -0.289 e. The fourth-order valence-electron chi connectivity index (χ4n) is 1.47. The van der Waals surface area contributed by atoms with Gasteiger partial charge in [-0.2, -0.15) is 16.4 Å². The van der Waals surface area contributed by atoms with E-state index in [0.29, 0.717) is 5.56 Å². The molecule has 0 saturated carbocycles. The van der Waals surface area contributed by atoms with E-state index >= 15 is 0 Å². The second-order valence-electron chi connectivity index (χ2n) is 3.56. The van der Waals surface area contributed by atoms with E-state index in [1.807, 2.05) is 36.9 Å². The van der Waals surface area contributed by atoms with Crippen LogP contribution in [0.1, 0.15) is 21.6 Å². The van der Waals surface area contributed by atoms with Gasteiger partial charge in [0.1, 0.15) is 0 Å². The lowest BCUT2D eigenvalue weighted by molar-refractivity contribution is 0.104. The molecule has 0 aliphatic heterocycles. The monoisotopic (exact) mass is 232 g/mol. The van der Waals surface area contributed by atoms with Gasteiger partial charge in [0, 0.05) is 13.2 Å². The molecule has 0 unspecified atom stereocenters. The van der Waals surface area contributed by atoms with Crippen molar-refractivity contribution in [2.75, 3.05) is 0 Å². The molecule has 0 aromatic carbocycles. The number of aromatic nitrogens is 2. The van der Waals surface area contributed by atoms with E-state index in [2.05, 4.69) is 5.10 Å². The highest BCUT2D eigenvalue weighted by Gasteiger charge is 2.08. The van der Waals surface area contributed by atoms with E-state index in [1.54, 1.807) is 28.3 Å². The summed E-state index contributed by atoms with van der Waals surface area (Å²) in [6.07, 6.45) is 5.16. The van der Waals surface area contributed by atoms with Crippen LogP contribution in [0.5, 0.6) is 0 Å². The quantitative estimate of drug-likeness (QED) is 0.602. The molecule has 0 spiro atoms. The Labute approximate surface area is 98.0 Å². The van der Waals surface area contributed by atoms with Gasteiger partial charge in [-0.3, -0.25) is 9.48 Å². The molecule has 0 fully saturated rings. The predicted octanol–water partition coefficient (Wildman–Crippen LogP) is 2.69. The van der Waals surface area contributed by atoms with Crippen molar-refractivity contribution in [1.29, 1.82) is 0 Å². The molecular formula is C12H12N2OS. The molecule has 0 aliphatic carbocycles. The summed E-state index contributed by atoms with van der Waals surface area (Å²) in [5.41, 5.74) is 2.48. The van der Waals surface area contributed by atoms with E-state index in [4.69, 9.17) is 0 Å². The predicted molar refractivity (Wildman–Crippen MR) is 65.6 cm³/mol. The Morgan fingerprint density at radius 3 is 2.94 bits per heavy atom. The van der Waals surface area contributed by atoms with Gasteiger partial charge in [-0.15, -0.1) is 0 Å². The Kier molecular flexibility index (Phi) is 3.01. The molecule has 3 nitrogen and oxygen atoms in total. The standard InChI is InChI=1S/C12H12N2OS/c1-9-11(7-14(2)13-9)12(15)4-3-10-5-6-16-8-10/h3-8H,1-2H3/b4-3+. The largest absolute Gasteiger partial charge is 0.289 e. The van der Waals surface area contributed by atoms with Crippen LogP contribution in [-0.2, 0) is 7.05 Å². The zero-order chi connectivity index (χ0) is 11.5. The molecule has 0 radical (unpaired) electrons. The van der Waals surface area contributed by atoms with E-state index in [9.17, 15) is 4.79 Å². The summed E-state index contributed by atoms with van der Waals surface area (Å²) in [6.45, 7) is 1.84. The fourth-order valence-corrected chi connectivity index (χ4v) is 2.10. The SMILES string of the molecule is Cc1nn(C)cc1C(=O)/C=C/c1ccsc1. The van der Waals surface area contributed by atoms with E-state index in [-0.39, 0.29) is 5.78 Å². The molecule has 0 aliphatic rings. The minimum absolute atomic E-state index is 0.00296. The van der Waals surface area contributed by atoms with Crippen molar-refractivity contribution in [3.63, 3.8) is 0 Å². The summed E-state index contributed by atoms with van der Waals surface area (Å²) < 4.78 is 1.65. The van der Waals surface area contributed by atoms with Crippen LogP contribution in [-0.4, -0.2) is 15.6 Å². The molecule has 0 amide bonds. The van der Waals surface area contributed by atoms with Gasteiger partial charge in [0.2, 0.25) is 0 Å². The highest BCUT2D eigenvalue weighted by molar-refractivity contribution is 7.08. The maximum absolute atomic E-state index is 11.8. The third kappa shape index (κ3) is 2.28. The average molecular weight is 232 g/mol. The van der Waals surface area contributed by atoms with Crippen LogP contribution in [0.15, 0.2) is 29.1 Å². The van der Waals surface area contributed by atoms with Crippen LogP contribution in [0.3, 0.4) is 0 Å². The van der Waals surface area contributed by atoms with E-state index in [1.165, 1.54) is 0 Å². The number of nitrogens with zero attached hydrogens (tertiary/aromatic N) is 2. The molecule has 2 heterocycles. The third-order valence-electron chi connectivity index (χ3n) is 2.25. The smallest absolute Gasteiger partial charge is 0.189 e. The summed E-state index contributed by atoms with van der Waals surface area (Å²) >= 11 is 1.62. The topological polar surface area (TPSA) is 34.9 Å². The summed E-state index contributed by atoms with van der Waals surface area (Å²) in [7, 11) is 1.81. The van der Waals surface area contributed by atoms with Crippen molar-refractivity contribution in [1.82, 2.24) is 9.78 Å². The Bertz CT molecular complexity index is 523. The molecule has 16 heavy (non-hydrogen) atoms. The first kappa shape index (κ1) is 10.8. The van der Waals surface area contributed by atoms with Gasteiger partial charge >= 0.3 is 0 Å². The normalized spacial score (nSPS) is 11.1. The van der Waals surface area contributed by atoms with E-state index in [0.717, 1.165) is 11.3 Å². The molecule has 4 heteroatoms. The molecule has 82 valence electrons. The molecule has 0 N–H and O–H groups in total.